The number of carbonyl (C=O) groups excluding carboxylic acids is 2. The summed E-state index contributed by atoms with van der Waals surface area (Å²) in [6, 6.07) is 10.4. The van der Waals surface area contributed by atoms with Gasteiger partial charge in [0.05, 0.1) is 34.9 Å². The molecule has 7 nitrogen and oxygen atoms in total. The van der Waals surface area contributed by atoms with Crippen molar-refractivity contribution in [2.75, 3.05) is 11.5 Å². The summed E-state index contributed by atoms with van der Waals surface area (Å²) in [5.41, 5.74) is -0.225. The van der Waals surface area contributed by atoms with Crippen LogP contribution < -0.4 is 14.4 Å². The number of hydrogen-bond donors (Lipinski definition) is 1. The molecule has 0 saturated carbocycles. The van der Waals surface area contributed by atoms with Crippen molar-refractivity contribution in [1.82, 2.24) is 0 Å². The average Bonchev–Trinajstić information content (AvgIpc) is 3.00. The fourth-order valence-corrected chi connectivity index (χ4v) is 4.13. The molecule has 170 valence electrons. The monoisotopic (exact) mass is 475 g/mol. The predicted octanol–water partition coefficient (Wildman–Crippen LogP) is 4.92. The third-order valence-electron chi connectivity index (χ3n) is 5.06. The number of nitrogens with zero attached hydrogens (tertiary/aromatic N) is 1. The molecule has 0 saturated heterocycles. The number of carboxylic acids is 1. The number of halogens is 3. The third-order valence-corrected chi connectivity index (χ3v) is 5.36. The number of ether oxygens (including phenoxy) is 2. The number of alkyl halides is 2. The van der Waals surface area contributed by atoms with Gasteiger partial charge in [0.15, 0.2) is 0 Å². The first-order valence-corrected chi connectivity index (χ1v) is 10.2. The van der Waals surface area contributed by atoms with Crippen molar-refractivity contribution in [3.8, 4) is 11.5 Å². The Hall–Kier alpha value is -3.72. The molecule has 0 unspecified atom stereocenters. The van der Waals surface area contributed by atoms with Crippen LogP contribution in [-0.2, 0) is 11.2 Å². The van der Waals surface area contributed by atoms with Gasteiger partial charge in [0.2, 0.25) is 0 Å². The highest BCUT2D eigenvalue weighted by Crippen LogP contribution is 2.47. The van der Waals surface area contributed by atoms with E-state index in [-0.39, 0.29) is 46.0 Å². The van der Waals surface area contributed by atoms with Gasteiger partial charge >= 0.3 is 12.6 Å². The number of carbonyl (C=O) groups is 3. The van der Waals surface area contributed by atoms with Gasteiger partial charge in [0.1, 0.15) is 11.5 Å². The van der Waals surface area contributed by atoms with E-state index in [2.05, 4.69) is 0 Å². The molecule has 0 atom stereocenters. The molecule has 33 heavy (non-hydrogen) atoms. The zero-order valence-electron chi connectivity index (χ0n) is 17.1. The normalized spacial score (nSPS) is 13.1. The molecule has 2 amide bonds. The largest absolute Gasteiger partial charge is 0.492 e. The zero-order valence-corrected chi connectivity index (χ0v) is 17.9. The number of hydrogen-bond acceptors (Lipinski definition) is 5. The minimum atomic E-state index is -3.24. The second-order valence-corrected chi connectivity index (χ2v) is 7.47. The van der Waals surface area contributed by atoms with Crippen molar-refractivity contribution < 1.29 is 37.7 Å². The van der Waals surface area contributed by atoms with Crippen molar-refractivity contribution in [2.24, 2.45) is 0 Å². The van der Waals surface area contributed by atoms with Gasteiger partial charge in [-0.2, -0.15) is 8.78 Å². The van der Waals surface area contributed by atoms with Crippen molar-refractivity contribution in [3.05, 3.63) is 64.2 Å². The summed E-state index contributed by atoms with van der Waals surface area (Å²) < 4.78 is 37.0. The summed E-state index contributed by atoms with van der Waals surface area (Å²) in [5.74, 6) is -3.18. The highest BCUT2D eigenvalue weighted by Gasteiger charge is 2.44. The third kappa shape index (κ3) is 3.84. The maximum atomic E-state index is 13.4. The first kappa shape index (κ1) is 22.5. The molecule has 3 aromatic rings. The SMILES string of the molecule is CCOc1c2c(c(OC(F)F)c3ccccc13)C(=O)N(c1ccc(CC(=O)O)cc1Cl)C2=O. The summed E-state index contributed by atoms with van der Waals surface area (Å²) in [6.07, 6.45) is -0.311. The number of anilines is 1. The van der Waals surface area contributed by atoms with Crippen LogP contribution in [0.3, 0.4) is 0 Å². The molecule has 0 aromatic heterocycles. The fraction of sp³-hybridized carbons (Fsp3) is 0.174. The van der Waals surface area contributed by atoms with E-state index in [9.17, 15) is 23.2 Å². The van der Waals surface area contributed by atoms with Crippen LogP contribution in [0, 0.1) is 0 Å². The summed E-state index contributed by atoms with van der Waals surface area (Å²) in [4.78, 5) is 38.5. The first-order chi connectivity index (χ1) is 15.7. The Labute approximate surface area is 191 Å². The second kappa shape index (κ2) is 8.67. The number of amides is 2. The molecule has 10 heteroatoms. The summed E-state index contributed by atoms with van der Waals surface area (Å²) in [6.45, 7) is -1.41. The molecule has 1 aliphatic heterocycles. The Balaban J connectivity index is 1.95. The Morgan fingerprint density at radius 2 is 1.67 bits per heavy atom. The van der Waals surface area contributed by atoms with Gasteiger partial charge in [-0.15, -0.1) is 0 Å². The molecule has 0 radical (unpaired) electrons. The quantitative estimate of drug-likeness (QED) is 0.487. The standard InChI is InChI=1S/C23H16ClF2NO6/c1-2-32-19-12-5-3-4-6-13(12)20(33-23(25)26)18-17(19)21(30)27(22(18)31)15-8-7-11(9-14(15)24)10-16(28)29/h3-9,23H,2,10H2,1H3,(H,28,29). The van der Waals surface area contributed by atoms with Crippen LogP contribution in [0.25, 0.3) is 10.8 Å². The summed E-state index contributed by atoms with van der Waals surface area (Å²) in [5, 5.41) is 9.43. The lowest BCUT2D eigenvalue weighted by atomic mass is 9.99. The molecule has 0 fully saturated rings. The Morgan fingerprint density at radius 1 is 1.06 bits per heavy atom. The molecule has 1 aliphatic rings. The number of imide groups is 1. The molecule has 0 spiro atoms. The fourth-order valence-electron chi connectivity index (χ4n) is 3.84. The number of aliphatic carboxylic acids is 1. The number of carboxylic acid groups (broad SMARTS) is 1. The van der Waals surface area contributed by atoms with Crippen LogP contribution in [0.4, 0.5) is 14.5 Å². The molecule has 0 aliphatic carbocycles. The van der Waals surface area contributed by atoms with Crippen molar-refractivity contribution in [2.45, 2.75) is 20.0 Å². The molecule has 1 N–H and O–H groups in total. The van der Waals surface area contributed by atoms with E-state index in [0.717, 1.165) is 4.90 Å². The Bertz CT molecular complexity index is 1310. The predicted molar refractivity (Wildman–Crippen MR) is 116 cm³/mol. The van der Waals surface area contributed by atoms with E-state index >= 15 is 0 Å². The topological polar surface area (TPSA) is 93.1 Å². The lowest BCUT2D eigenvalue weighted by Crippen LogP contribution is -2.30. The minimum Gasteiger partial charge on any atom is -0.492 e. The van der Waals surface area contributed by atoms with Crippen LogP contribution in [-0.4, -0.2) is 36.1 Å². The molecular formula is C23H16ClF2NO6. The smallest absolute Gasteiger partial charge is 0.387 e. The minimum absolute atomic E-state index is 0.0218. The van der Waals surface area contributed by atoms with Crippen LogP contribution in [0.15, 0.2) is 42.5 Å². The highest BCUT2D eigenvalue weighted by molar-refractivity contribution is 6.41. The Morgan fingerprint density at radius 3 is 2.21 bits per heavy atom. The average molecular weight is 476 g/mol. The maximum absolute atomic E-state index is 13.4. The van der Waals surface area contributed by atoms with E-state index in [4.69, 9.17) is 26.2 Å². The lowest BCUT2D eigenvalue weighted by Gasteiger charge is -2.16. The van der Waals surface area contributed by atoms with E-state index in [1.165, 1.54) is 24.3 Å². The molecule has 0 bridgehead atoms. The van der Waals surface area contributed by atoms with Gasteiger partial charge in [-0.3, -0.25) is 14.4 Å². The van der Waals surface area contributed by atoms with E-state index < -0.39 is 30.1 Å². The number of benzene rings is 3. The van der Waals surface area contributed by atoms with Gasteiger partial charge in [-0.25, -0.2) is 4.90 Å². The Kier molecular flexibility index (Phi) is 5.90. The van der Waals surface area contributed by atoms with E-state index in [1.807, 2.05) is 0 Å². The number of rotatable bonds is 7. The summed E-state index contributed by atoms with van der Waals surface area (Å²) >= 11 is 6.27. The molecule has 3 aromatic carbocycles. The van der Waals surface area contributed by atoms with Gasteiger partial charge < -0.3 is 14.6 Å². The molecular weight excluding hydrogens is 460 g/mol. The van der Waals surface area contributed by atoms with Crippen LogP contribution in [0.1, 0.15) is 33.2 Å². The first-order valence-electron chi connectivity index (χ1n) is 9.79. The molecule has 4 rings (SSSR count). The van der Waals surface area contributed by atoms with Crippen LogP contribution >= 0.6 is 11.6 Å². The van der Waals surface area contributed by atoms with Gasteiger partial charge in [-0.1, -0.05) is 41.9 Å². The van der Waals surface area contributed by atoms with Crippen molar-refractivity contribution in [1.29, 1.82) is 0 Å². The van der Waals surface area contributed by atoms with Crippen molar-refractivity contribution in [3.63, 3.8) is 0 Å². The maximum Gasteiger partial charge on any atom is 0.387 e. The highest BCUT2D eigenvalue weighted by atomic mass is 35.5. The number of fused-ring (bicyclic) bond motifs is 2. The van der Waals surface area contributed by atoms with Crippen LogP contribution in [0.5, 0.6) is 11.5 Å². The van der Waals surface area contributed by atoms with Gasteiger partial charge in [0.25, 0.3) is 11.8 Å². The van der Waals surface area contributed by atoms with Gasteiger partial charge in [0, 0.05) is 10.8 Å². The van der Waals surface area contributed by atoms with E-state index in [0.29, 0.717) is 10.9 Å². The lowest BCUT2D eigenvalue weighted by molar-refractivity contribution is -0.136. The van der Waals surface area contributed by atoms with Crippen molar-refractivity contribution >= 4 is 45.8 Å². The summed E-state index contributed by atoms with van der Waals surface area (Å²) in [7, 11) is 0. The molecule has 1 heterocycles. The van der Waals surface area contributed by atoms with Gasteiger partial charge in [-0.05, 0) is 24.6 Å². The van der Waals surface area contributed by atoms with E-state index in [1.54, 1.807) is 25.1 Å². The second-order valence-electron chi connectivity index (χ2n) is 7.07. The van der Waals surface area contributed by atoms with Crippen LogP contribution in [0.2, 0.25) is 5.02 Å². The zero-order chi connectivity index (χ0) is 23.9.